The van der Waals surface area contributed by atoms with Crippen molar-refractivity contribution in [1.29, 1.82) is 0 Å². The molecule has 0 unspecified atom stereocenters. The Kier molecular flexibility index (Phi) is 5.31. The molecule has 0 amide bonds. The summed E-state index contributed by atoms with van der Waals surface area (Å²) in [5.74, 6) is 0.337. The van der Waals surface area contributed by atoms with Gasteiger partial charge >= 0.3 is 0 Å². The van der Waals surface area contributed by atoms with Crippen LogP contribution in [-0.2, 0) is 13.7 Å². The number of halogens is 2. The van der Waals surface area contributed by atoms with E-state index >= 15 is 0 Å². The van der Waals surface area contributed by atoms with Gasteiger partial charge in [-0.15, -0.1) is 0 Å². The van der Waals surface area contributed by atoms with Gasteiger partial charge in [-0.2, -0.15) is 0 Å². The van der Waals surface area contributed by atoms with E-state index in [0.29, 0.717) is 16.0 Å². The lowest BCUT2D eigenvalue weighted by Gasteiger charge is -2.11. The molecule has 1 aromatic heterocycles. The first kappa shape index (κ1) is 16.8. The molecule has 2 rings (SSSR count). The molecule has 0 aliphatic carbocycles. The summed E-state index contributed by atoms with van der Waals surface area (Å²) >= 11 is 13.8. The van der Waals surface area contributed by atoms with Gasteiger partial charge < -0.3 is 9.67 Å². The maximum Gasteiger partial charge on any atom is 0.0834 e. The summed E-state index contributed by atoms with van der Waals surface area (Å²) in [7, 11) is 2.02. The number of nitrogens with zero attached hydrogens (tertiary/aromatic N) is 1. The summed E-state index contributed by atoms with van der Waals surface area (Å²) in [6.45, 7) is 6.38. The molecule has 1 N–H and O–H groups in total. The highest BCUT2D eigenvalue weighted by molar-refractivity contribution is 7.99. The number of aliphatic hydroxyl groups is 1. The van der Waals surface area contributed by atoms with Crippen LogP contribution in [0, 0.1) is 6.92 Å². The zero-order valence-corrected chi connectivity index (χ0v) is 14.9. The first-order valence-corrected chi connectivity index (χ1v) is 8.35. The summed E-state index contributed by atoms with van der Waals surface area (Å²) in [5.41, 5.74) is 3.30. The van der Waals surface area contributed by atoms with E-state index in [1.807, 2.05) is 26.1 Å². The minimum atomic E-state index is 0.0596. The molecule has 0 fully saturated rings. The van der Waals surface area contributed by atoms with Crippen LogP contribution in [0.4, 0.5) is 0 Å². The van der Waals surface area contributed by atoms with E-state index in [-0.39, 0.29) is 6.61 Å². The van der Waals surface area contributed by atoms with E-state index < -0.39 is 0 Å². The predicted molar refractivity (Wildman–Crippen MR) is 90.7 cm³/mol. The fourth-order valence-electron chi connectivity index (χ4n) is 2.48. The molecule has 0 saturated heterocycles. The van der Waals surface area contributed by atoms with Gasteiger partial charge in [0, 0.05) is 33.2 Å². The second-order valence-corrected chi connectivity index (χ2v) is 7.30. The molecule has 5 heteroatoms. The van der Waals surface area contributed by atoms with E-state index in [1.54, 1.807) is 17.8 Å². The Morgan fingerprint density at radius 3 is 2.24 bits per heavy atom. The Balaban J connectivity index is 2.53. The van der Waals surface area contributed by atoms with Crippen LogP contribution in [0.15, 0.2) is 28.1 Å². The molecule has 2 aromatic rings. The summed E-state index contributed by atoms with van der Waals surface area (Å²) in [6.07, 6.45) is 0. The van der Waals surface area contributed by atoms with Crippen molar-refractivity contribution in [2.45, 2.75) is 43.2 Å². The fraction of sp³-hybridized carbons (Fsp3) is 0.375. The molecule has 1 heterocycles. The van der Waals surface area contributed by atoms with Gasteiger partial charge in [0.1, 0.15) is 0 Å². The second-order valence-electron chi connectivity index (χ2n) is 5.36. The van der Waals surface area contributed by atoms with Crippen LogP contribution in [0.25, 0.3) is 0 Å². The lowest BCUT2D eigenvalue weighted by molar-refractivity contribution is 0.279. The number of benzene rings is 1. The number of aromatic nitrogens is 1. The van der Waals surface area contributed by atoms with Gasteiger partial charge in [0.2, 0.25) is 0 Å². The first-order chi connectivity index (χ1) is 9.85. The van der Waals surface area contributed by atoms with Crippen LogP contribution in [0.1, 0.15) is 36.6 Å². The average Bonchev–Trinajstić information content (AvgIpc) is 2.62. The Hall–Kier alpha value is -0.610. The maximum atomic E-state index is 9.68. The normalized spacial score (nSPS) is 11.4. The van der Waals surface area contributed by atoms with Crippen molar-refractivity contribution in [2.24, 2.45) is 7.05 Å². The van der Waals surface area contributed by atoms with Crippen molar-refractivity contribution < 1.29 is 5.11 Å². The van der Waals surface area contributed by atoms with Crippen LogP contribution >= 0.6 is 35.0 Å². The molecule has 0 aliphatic heterocycles. The van der Waals surface area contributed by atoms with Gasteiger partial charge in [0.05, 0.1) is 11.6 Å². The minimum Gasteiger partial charge on any atom is -0.392 e. The van der Waals surface area contributed by atoms with Gasteiger partial charge in [0.15, 0.2) is 0 Å². The molecule has 114 valence electrons. The standard InChI is InChI=1S/C16H19Cl2NOS/c1-9(2)15-14(8-20)10(3)19(4)16(15)21-13-6-11(17)5-12(18)7-13/h5-7,9,20H,8H2,1-4H3. The number of hydrogen-bond acceptors (Lipinski definition) is 2. The Morgan fingerprint density at radius 2 is 1.76 bits per heavy atom. The van der Waals surface area contributed by atoms with Gasteiger partial charge in [-0.25, -0.2) is 0 Å². The fourth-order valence-corrected chi connectivity index (χ4v) is 4.47. The molecular weight excluding hydrogens is 325 g/mol. The van der Waals surface area contributed by atoms with Crippen LogP contribution in [0.3, 0.4) is 0 Å². The molecule has 1 aromatic carbocycles. The highest BCUT2D eigenvalue weighted by Gasteiger charge is 2.21. The quantitative estimate of drug-likeness (QED) is 0.802. The van der Waals surface area contributed by atoms with E-state index in [0.717, 1.165) is 21.2 Å². The topological polar surface area (TPSA) is 25.2 Å². The van der Waals surface area contributed by atoms with Gasteiger partial charge in [-0.1, -0.05) is 48.8 Å². The Labute approximate surface area is 140 Å². The molecule has 0 aliphatic rings. The Morgan fingerprint density at radius 1 is 1.19 bits per heavy atom. The van der Waals surface area contributed by atoms with E-state index in [9.17, 15) is 5.11 Å². The smallest absolute Gasteiger partial charge is 0.0834 e. The van der Waals surface area contributed by atoms with Crippen molar-refractivity contribution in [2.75, 3.05) is 0 Å². The molecule has 0 bridgehead atoms. The molecule has 0 atom stereocenters. The molecule has 21 heavy (non-hydrogen) atoms. The Bertz CT molecular complexity index is 645. The number of hydrogen-bond donors (Lipinski definition) is 1. The first-order valence-electron chi connectivity index (χ1n) is 6.78. The van der Waals surface area contributed by atoms with Crippen LogP contribution in [0.2, 0.25) is 10.0 Å². The highest BCUT2D eigenvalue weighted by Crippen LogP contribution is 2.40. The number of aliphatic hydroxyl groups excluding tert-OH is 1. The average molecular weight is 344 g/mol. The summed E-state index contributed by atoms with van der Waals surface area (Å²) in [5, 5.41) is 12.1. The summed E-state index contributed by atoms with van der Waals surface area (Å²) < 4.78 is 2.13. The zero-order valence-electron chi connectivity index (χ0n) is 12.6. The molecule has 0 radical (unpaired) electrons. The van der Waals surface area contributed by atoms with Crippen LogP contribution in [0.5, 0.6) is 0 Å². The van der Waals surface area contributed by atoms with Crippen molar-refractivity contribution in [3.63, 3.8) is 0 Å². The summed E-state index contributed by atoms with van der Waals surface area (Å²) in [4.78, 5) is 1.000. The van der Waals surface area contributed by atoms with E-state index in [2.05, 4.69) is 18.4 Å². The van der Waals surface area contributed by atoms with Gasteiger partial charge in [0.25, 0.3) is 0 Å². The lowest BCUT2D eigenvalue weighted by Crippen LogP contribution is -1.95. The number of rotatable bonds is 4. The molecule has 2 nitrogen and oxygen atoms in total. The molecule has 0 spiro atoms. The zero-order chi connectivity index (χ0) is 15.7. The van der Waals surface area contributed by atoms with Gasteiger partial charge in [-0.05, 0) is 36.6 Å². The monoisotopic (exact) mass is 343 g/mol. The lowest BCUT2D eigenvalue weighted by atomic mass is 10.0. The van der Waals surface area contributed by atoms with Crippen molar-refractivity contribution >= 4 is 35.0 Å². The van der Waals surface area contributed by atoms with Crippen LogP contribution in [-0.4, -0.2) is 9.67 Å². The minimum absolute atomic E-state index is 0.0596. The summed E-state index contributed by atoms with van der Waals surface area (Å²) in [6, 6.07) is 5.54. The van der Waals surface area contributed by atoms with Crippen molar-refractivity contribution in [3.8, 4) is 0 Å². The van der Waals surface area contributed by atoms with Crippen molar-refractivity contribution in [1.82, 2.24) is 4.57 Å². The maximum absolute atomic E-state index is 9.68. The second kappa shape index (κ2) is 6.66. The van der Waals surface area contributed by atoms with Crippen molar-refractivity contribution in [3.05, 3.63) is 45.1 Å². The van der Waals surface area contributed by atoms with E-state index in [4.69, 9.17) is 23.2 Å². The molecular formula is C16H19Cl2NOS. The molecule has 0 saturated carbocycles. The third kappa shape index (κ3) is 3.42. The van der Waals surface area contributed by atoms with Gasteiger partial charge in [-0.3, -0.25) is 0 Å². The van der Waals surface area contributed by atoms with Crippen LogP contribution < -0.4 is 0 Å². The third-order valence-corrected chi connectivity index (χ3v) is 5.18. The third-order valence-electron chi connectivity index (χ3n) is 3.59. The highest BCUT2D eigenvalue weighted by atomic mass is 35.5. The van der Waals surface area contributed by atoms with E-state index in [1.165, 1.54) is 5.56 Å². The SMILES string of the molecule is Cc1c(CO)c(C(C)C)c(Sc2cc(Cl)cc(Cl)c2)n1C. The largest absolute Gasteiger partial charge is 0.392 e. The predicted octanol–water partition coefficient (Wildman–Crippen LogP) is 5.41.